The van der Waals surface area contributed by atoms with E-state index < -0.39 is 5.60 Å². The molecule has 0 radical (unpaired) electrons. The standard InChI is InChI=1S/C15H31N3O2/c1-7-12(17-14(19)20-15(3,4)5)9-16-13-8-11(2)18(6)10-13/h11-13,16H,7-10H2,1-6H3,(H,17,19). The molecule has 0 aromatic heterocycles. The highest BCUT2D eigenvalue weighted by Gasteiger charge is 2.26. The Bertz CT molecular complexity index is 305. The van der Waals surface area contributed by atoms with E-state index in [0.29, 0.717) is 12.1 Å². The van der Waals surface area contributed by atoms with Crippen molar-refractivity contribution in [2.45, 2.75) is 71.2 Å². The molecule has 1 amide bonds. The molecule has 5 nitrogen and oxygen atoms in total. The summed E-state index contributed by atoms with van der Waals surface area (Å²) in [6.45, 7) is 11.8. The minimum atomic E-state index is -0.445. The lowest BCUT2D eigenvalue weighted by atomic mass is 10.1. The van der Waals surface area contributed by atoms with Crippen molar-refractivity contribution in [3.8, 4) is 0 Å². The SMILES string of the molecule is CCC(CNC1CC(C)N(C)C1)NC(=O)OC(C)(C)C. The lowest BCUT2D eigenvalue weighted by Gasteiger charge is -2.24. The molecule has 0 spiro atoms. The molecular weight excluding hydrogens is 254 g/mol. The molecule has 1 fully saturated rings. The van der Waals surface area contributed by atoms with Gasteiger partial charge in [0.1, 0.15) is 5.60 Å². The van der Waals surface area contributed by atoms with Crippen LogP contribution in [0, 0.1) is 0 Å². The van der Waals surface area contributed by atoms with Crippen molar-refractivity contribution in [1.29, 1.82) is 0 Å². The molecule has 1 heterocycles. The fraction of sp³-hybridized carbons (Fsp3) is 0.933. The summed E-state index contributed by atoms with van der Waals surface area (Å²) in [6.07, 6.45) is 1.73. The Balaban J connectivity index is 2.31. The predicted octanol–water partition coefficient (Wildman–Crippen LogP) is 1.97. The van der Waals surface area contributed by atoms with Gasteiger partial charge in [-0.25, -0.2) is 4.79 Å². The first-order valence-corrected chi connectivity index (χ1v) is 7.64. The van der Waals surface area contributed by atoms with E-state index in [4.69, 9.17) is 4.74 Å². The zero-order valence-corrected chi connectivity index (χ0v) is 13.8. The van der Waals surface area contributed by atoms with Crippen LogP contribution in [0.4, 0.5) is 4.79 Å². The average Bonchev–Trinajstić information content (AvgIpc) is 2.61. The zero-order chi connectivity index (χ0) is 15.3. The fourth-order valence-electron chi connectivity index (χ4n) is 2.42. The number of nitrogens with one attached hydrogen (secondary N) is 2. The van der Waals surface area contributed by atoms with Gasteiger partial charge in [0, 0.05) is 31.2 Å². The number of hydrogen-bond acceptors (Lipinski definition) is 4. The topological polar surface area (TPSA) is 53.6 Å². The number of rotatable bonds is 5. The van der Waals surface area contributed by atoms with Gasteiger partial charge >= 0.3 is 6.09 Å². The molecule has 0 aromatic carbocycles. The molecule has 1 aliphatic heterocycles. The summed E-state index contributed by atoms with van der Waals surface area (Å²) < 4.78 is 5.29. The number of nitrogens with zero attached hydrogens (tertiary/aromatic N) is 1. The number of hydrogen-bond donors (Lipinski definition) is 2. The molecular formula is C15H31N3O2. The van der Waals surface area contributed by atoms with Gasteiger partial charge in [0.15, 0.2) is 0 Å². The highest BCUT2D eigenvalue weighted by atomic mass is 16.6. The molecule has 0 aliphatic carbocycles. The summed E-state index contributed by atoms with van der Waals surface area (Å²) in [5.74, 6) is 0. The largest absolute Gasteiger partial charge is 0.444 e. The Morgan fingerprint density at radius 2 is 2.10 bits per heavy atom. The van der Waals surface area contributed by atoms with Gasteiger partial charge in [0.05, 0.1) is 0 Å². The maximum atomic E-state index is 11.8. The first-order chi connectivity index (χ1) is 9.21. The van der Waals surface area contributed by atoms with Crippen molar-refractivity contribution in [2.75, 3.05) is 20.1 Å². The molecule has 3 atom stereocenters. The number of likely N-dealkylation sites (N-methyl/N-ethyl adjacent to an activating group) is 1. The summed E-state index contributed by atoms with van der Waals surface area (Å²) >= 11 is 0. The predicted molar refractivity (Wildman–Crippen MR) is 81.9 cm³/mol. The van der Waals surface area contributed by atoms with Crippen LogP contribution in [0.5, 0.6) is 0 Å². The lowest BCUT2D eigenvalue weighted by molar-refractivity contribution is 0.0502. The van der Waals surface area contributed by atoms with E-state index in [1.54, 1.807) is 0 Å². The first kappa shape index (κ1) is 17.2. The van der Waals surface area contributed by atoms with Gasteiger partial charge < -0.3 is 20.3 Å². The number of alkyl carbamates (subject to hydrolysis) is 1. The van der Waals surface area contributed by atoms with E-state index in [2.05, 4.69) is 36.4 Å². The van der Waals surface area contributed by atoms with E-state index in [-0.39, 0.29) is 12.1 Å². The molecule has 0 bridgehead atoms. The van der Waals surface area contributed by atoms with Crippen LogP contribution in [0.2, 0.25) is 0 Å². The summed E-state index contributed by atoms with van der Waals surface area (Å²) in [6, 6.07) is 1.27. The van der Waals surface area contributed by atoms with Crippen LogP contribution in [0.1, 0.15) is 47.5 Å². The number of carbonyl (C=O) groups excluding carboxylic acids is 1. The van der Waals surface area contributed by atoms with Crippen LogP contribution in [-0.4, -0.2) is 54.9 Å². The van der Waals surface area contributed by atoms with Crippen LogP contribution in [0.3, 0.4) is 0 Å². The van der Waals surface area contributed by atoms with Crippen LogP contribution >= 0.6 is 0 Å². The smallest absolute Gasteiger partial charge is 0.407 e. The van der Waals surface area contributed by atoms with E-state index in [0.717, 1.165) is 19.5 Å². The van der Waals surface area contributed by atoms with Gasteiger partial charge in [-0.15, -0.1) is 0 Å². The van der Waals surface area contributed by atoms with Crippen molar-refractivity contribution >= 4 is 6.09 Å². The lowest BCUT2D eigenvalue weighted by Crippen LogP contribution is -2.46. The summed E-state index contributed by atoms with van der Waals surface area (Å²) in [5, 5.41) is 6.48. The molecule has 1 rings (SSSR count). The monoisotopic (exact) mass is 285 g/mol. The summed E-state index contributed by atoms with van der Waals surface area (Å²) in [7, 11) is 2.16. The fourth-order valence-corrected chi connectivity index (χ4v) is 2.42. The Kier molecular flexibility index (Phi) is 6.27. The van der Waals surface area contributed by atoms with Gasteiger partial charge in [-0.3, -0.25) is 0 Å². The van der Waals surface area contributed by atoms with Crippen molar-refractivity contribution in [3.63, 3.8) is 0 Å². The highest BCUT2D eigenvalue weighted by Crippen LogP contribution is 2.14. The molecule has 3 unspecified atom stereocenters. The van der Waals surface area contributed by atoms with Gasteiger partial charge in [-0.1, -0.05) is 6.92 Å². The van der Waals surface area contributed by atoms with Gasteiger partial charge in [-0.05, 0) is 47.6 Å². The second kappa shape index (κ2) is 7.27. The summed E-state index contributed by atoms with van der Waals surface area (Å²) in [5.41, 5.74) is -0.445. The van der Waals surface area contributed by atoms with Gasteiger partial charge in [0.25, 0.3) is 0 Å². The Morgan fingerprint density at radius 1 is 1.45 bits per heavy atom. The minimum absolute atomic E-state index is 0.117. The van der Waals surface area contributed by atoms with Crippen molar-refractivity contribution in [2.24, 2.45) is 0 Å². The maximum absolute atomic E-state index is 11.8. The van der Waals surface area contributed by atoms with Crippen molar-refractivity contribution in [1.82, 2.24) is 15.5 Å². The third-order valence-corrected chi connectivity index (χ3v) is 3.75. The van der Waals surface area contributed by atoms with Gasteiger partial charge in [0.2, 0.25) is 0 Å². The average molecular weight is 285 g/mol. The Morgan fingerprint density at radius 3 is 2.55 bits per heavy atom. The van der Waals surface area contributed by atoms with E-state index >= 15 is 0 Å². The van der Waals surface area contributed by atoms with Crippen LogP contribution in [-0.2, 0) is 4.74 Å². The van der Waals surface area contributed by atoms with Crippen molar-refractivity contribution < 1.29 is 9.53 Å². The molecule has 2 N–H and O–H groups in total. The second-order valence-corrected chi connectivity index (χ2v) is 6.88. The molecule has 0 aromatic rings. The number of carbonyl (C=O) groups is 1. The third kappa shape index (κ3) is 6.09. The highest BCUT2D eigenvalue weighted by molar-refractivity contribution is 5.68. The minimum Gasteiger partial charge on any atom is -0.444 e. The molecule has 20 heavy (non-hydrogen) atoms. The van der Waals surface area contributed by atoms with Gasteiger partial charge in [-0.2, -0.15) is 0 Å². The summed E-state index contributed by atoms with van der Waals surface area (Å²) in [4.78, 5) is 14.1. The second-order valence-electron chi connectivity index (χ2n) is 6.88. The van der Waals surface area contributed by atoms with Crippen molar-refractivity contribution in [3.05, 3.63) is 0 Å². The Labute approximate surface area is 123 Å². The van der Waals surface area contributed by atoms with Crippen LogP contribution in [0.25, 0.3) is 0 Å². The zero-order valence-electron chi connectivity index (χ0n) is 13.8. The molecule has 1 saturated heterocycles. The normalized spacial score (nSPS) is 25.5. The number of ether oxygens (including phenoxy) is 1. The van der Waals surface area contributed by atoms with Crippen LogP contribution in [0.15, 0.2) is 0 Å². The molecule has 118 valence electrons. The van der Waals surface area contributed by atoms with E-state index in [1.165, 1.54) is 6.42 Å². The molecule has 0 saturated carbocycles. The quantitative estimate of drug-likeness (QED) is 0.811. The van der Waals surface area contributed by atoms with E-state index in [9.17, 15) is 4.79 Å². The Hall–Kier alpha value is -0.810. The molecule has 5 heteroatoms. The first-order valence-electron chi connectivity index (χ1n) is 7.64. The maximum Gasteiger partial charge on any atom is 0.407 e. The number of likely N-dealkylation sites (tertiary alicyclic amines) is 1. The third-order valence-electron chi connectivity index (χ3n) is 3.75. The van der Waals surface area contributed by atoms with E-state index in [1.807, 2.05) is 20.8 Å². The number of amides is 1. The molecule has 1 aliphatic rings. The van der Waals surface area contributed by atoms with Crippen LogP contribution < -0.4 is 10.6 Å².